The summed E-state index contributed by atoms with van der Waals surface area (Å²) in [6.45, 7) is 1.91. The highest BCUT2D eigenvalue weighted by molar-refractivity contribution is 6.24. The van der Waals surface area contributed by atoms with Crippen LogP contribution in [0.25, 0.3) is 0 Å². The maximum absolute atomic E-state index is 13.6. The van der Waals surface area contributed by atoms with Crippen molar-refractivity contribution in [3.8, 4) is 5.75 Å². The van der Waals surface area contributed by atoms with E-state index in [1.807, 2.05) is 6.92 Å². The first-order valence-electron chi connectivity index (χ1n) is 11.1. The number of likely N-dealkylation sites (N-methyl/N-ethyl adjacent to an activating group) is 1. The molecule has 0 aromatic heterocycles. The van der Waals surface area contributed by atoms with Gasteiger partial charge in [0.15, 0.2) is 11.4 Å². The lowest BCUT2D eigenvalue weighted by molar-refractivity contribution is -0.148. The number of amides is 1. The van der Waals surface area contributed by atoms with Crippen LogP contribution >= 0.6 is 0 Å². The Morgan fingerprint density at radius 2 is 1.85 bits per heavy atom. The van der Waals surface area contributed by atoms with Gasteiger partial charge in [-0.1, -0.05) is 13.0 Å². The number of hydrogen-bond donors (Lipinski definition) is 6. The van der Waals surface area contributed by atoms with E-state index in [-0.39, 0.29) is 36.3 Å². The van der Waals surface area contributed by atoms with Crippen molar-refractivity contribution in [2.75, 3.05) is 14.1 Å². The number of Topliss-reactive ketones (excluding diaryl/α,β-unsaturated/α-hetero) is 2. The molecule has 3 aliphatic rings. The van der Waals surface area contributed by atoms with Gasteiger partial charge in [-0.05, 0) is 50.4 Å². The topological polar surface area (TPSA) is 187 Å². The summed E-state index contributed by atoms with van der Waals surface area (Å²) in [6.07, 6.45) is 0.919. The molecular weight excluding hydrogens is 442 g/mol. The quantitative estimate of drug-likeness (QED) is 0.332. The van der Waals surface area contributed by atoms with Crippen LogP contribution in [0.1, 0.15) is 40.4 Å². The zero-order valence-corrected chi connectivity index (χ0v) is 19.3. The highest BCUT2D eigenvalue weighted by Gasteiger charge is 2.63. The van der Waals surface area contributed by atoms with Gasteiger partial charge < -0.3 is 31.9 Å². The summed E-state index contributed by atoms with van der Waals surface area (Å²) in [4.78, 5) is 40.4. The molecule has 0 radical (unpaired) electrons. The van der Waals surface area contributed by atoms with Gasteiger partial charge in [0.1, 0.15) is 22.8 Å². The summed E-state index contributed by atoms with van der Waals surface area (Å²) in [5.74, 6) is -6.58. The zero-order chi connectivity index (χ0) is 25.3. The van der Waals surface area contributed by atoms with Gasteiger partial charge in [-0.2, -0.15) is 0 Å². The largest absolute Gasteiger partial charge is 0.510 e. The number of rotatable bonds is 4. The van der Waals surface area contributed by atoms with Gasteiger partial charge in [0.2, 0.25) is 5.78 Å². The van der Waals surface area contributed by atoms with Gasteiger partial charge in [-0.15, -0.1) is 0 Å². The fraction of sp³-hybridized carbons (Fsp3) is 0.458. The normalized spacial score (nSPS) is 28.7. The molecule has 0 fully saturated rings. The Bertz CT molecular complexity index is 1200. The van der Waals surface area contributed by atoms with E-state index >= 15 is 0 Å². The number of nitrogens with zero attached hydrogens (tertiary/aromatic N) is 1. The second-order valence-electron chi connectivity index (χ2n) is 9.42. The van der Waals surface area contributed by atoms with E-state index in [1.54, 1.807) is 20.2 Å². The molecular formula is C24H29N3O7. The predicted octanol–water partition coefficient (Wildman–Crippen LogP) is 0.142. The third-order valence-corrected chi connectivity index (χ3v) is 7.49. The predicted molar refractivity (Wildman–Crippen MR) is 121 cm³/mol. The van der Waals surface area contributed by atoms with E-state index in [9.17, 15) is 34.8 Å². The number of phenolic OH excluding ortho intramolecular Hbond substituents is 1. The molecule has 1 aromatic rings. The van der Waals surface area contributed by atoms with Crippen LogP contribution in [0.3, 0.4) is 0 Å². The maximum atomic E-state index is 13.6. The molecule has 8 N–H and O–H groups in total. The number of ketones is 2. The first kappa shape index (κ1) is 23.9. The molecule has 4 atom stereocenters. The molecule has 10 heteroatoms. The molecule has 1 aromatic carbocycles. The Morgan fingerprint density at radius 1 is 1.21 bits per heavy atom. The number of hydrogen-bond acceptors (Lipinski definition) is 9. The van der Waals surface area contributed by atoms with Crippen LogP contribution in [0, 0.1) is 11.8 Å². The van der Waals surface area contributed by atoms with Crippen molar-refractivity contribution < 1.29 is 34.8 Å². The van der Waals surface area contributed by atoms with E-state index in [1.165, 1.54) is 4.90 Å². The molecule has 4 rings (SSSR count). The zero-order valence-electron chi connectivity index (χ0n) is 19.3. The monoisotopic (exact) mass is 471 g/mol. The molecule has 0 spiro atoms. The number of fused-ring (bicyclic) bond motifs is 3. The minimum Gasteiger partial charge on any atom is -0.510 e. The summed E-state index contributed by atoms with van der Waals surface area (Å²) in [5, 5.41) is 44.4. The summed E-state index contributed by atoms with van der Waals surface area (Å²) in [7, 11) is 3.18. The van der Waals surface area contributed by atoms with Crippen molar-refractivity contribution in [1.82, 2.24) is 4.90 Å². The average Bonchev–Trinajstić information content (AvgIpc) is 2.76. The number of primary amides is 1. The van der Waals surface area contributed by atoms with Gasteiger partial charge in [-0.3, -0.25) is 19.3 Å². The first-order chi connectivity index (χ1) is 15.9. The van der Waals surface area contributed by atoms with Crippen molar-refractivity contribution in [3.05, 3.63) is 51.0 Å². The van der Waals surface area contributed by atoms with E-state index in [4.69, 9.17) is 11.5 Å². The molecule has 10 nitrogen and oxygen atoms in total. The Hall–Kier alpha value is -3.21. The summed E-state index contributed by atoms with van der Waals surface area (Å²) >= 11 is 0. The third kappa shape index (κ3) is 2.95. The number of aromatic hydroxyl groups is 1. The number of allylic oxidation sites excluding steroid dienone is 1. The van der Waals surface area contributed by atoms with Gasteiger partial charge in [0, 0.05) is 23.6 Å². The van der Waals surface area contributed by atoms with Crippen LogP contribution in [0.2, 0.25) is 0 Å². The average molecular weight is 472 g/mol. The van der Waals surface area contributed by atoms with Crippen molar-refractivity contribution in [1.29, 1.82) is 0 Å². The van der Waals surface area contributed by atoms with E-state index in [0.29, 0.717) is 17.5 Å². The lowest BCUT2D eigenvalue weighted by Gasteiger charge is -2.50. The van der Waals surface area contributed by atoms with Crippen molar-refractivity contribution in [2.45, 2.75) is 44.4 Å². The number of aliphatic hydroxyl groups is 3. The van der Waals surface area contributed by atoms with E-state index in [0.717, 1.165) is 5.56 Å². The highest BCUT2D eigenvalue weighted by Crippen LogP contribution is 2.52. The molecule has 34 heavy (non-hydrogen) atoms. The number of aryl methyl sites for hydroxylation is 1. The number of carbonyl (C=O) groups is 3. The van der Waals surface area contributed by atoms with Crippen molar-refractivity contribution >= 4 is 17.5 Å². The van der Waals surface area contributed by atoms with Crippen molar-refractivity contribution in [3.63, 3.8) is 0 Å². The fourth-order valence-corrected chi connectivity index (χ4v) is 5.93. The Balaban J connectivity index is 1.99. The Kier molecular flexibility index (Phi) is 5.58. The van der Waals surface area contributed by atoms with Gasteiger partial charge >= 0.3 is 0 Å². The lowest BCUT2D eigenvalue weighted by atomic mass is 9.58. The van der Waals surface area contributed by atoms with Gasteiger partial charge in [0.05, 0.1) is 11.6 Å². The Morgan fingerprint density at radius 3 is 2.38 bits per heavy atom. The molecule has 0 bridgehead atoms. The summed E-state index contributed by atoms with van der Waals surface area (Å²) < 4.78 is 0. The van der Waals surface area contributed by atoms with Gasteiger partial charge in [-0.25, -0.2) is 0 Å². The second-order valence-corrected chi connectivity index (χ2v) is 9.42. The number of aliphatic hydroxyl groups excluding tert-OH is 2. The minimum atomic E-state index is -2.64. The lowest BCUT2D eigenvalue weighted by Crippen LogP contribution is -2.63. The molecule has 3 aliphatic carbocycles. The molecule has 0 unspecified atom stereocenters. The van der Waals surface area contributed by atoms with Crippen molar-refractivity contribution in [2.24, 2.45) is 23.3 Å². The van der Waals surface area contributed by atoms with E-state index in [2.05, 4.69) is 0 Å². The number of benzene rings is 1. The standard InChI is InChI=1S/C24H29N3O7/c1-4-9-5-11(8-25)18(28)15-12(9)6-10-7-13-17(27(2)3)20(30)16(23(26)33)22(32)24(13,34)21(31)14(10)19(15)29/h5,10,13,17,28,30-31,34H,4,6-8,25H2,1-3H3,(H2,26,33)/t10-,13-,17-,24-/m0/s1. The van der Waals surface area contributed by atoms with Crippen LogP contribution in [-0.2, 0) is 29.0 Å². The maximum Gasteiger partial charge on any atom is 0.255 e. The van der Waals surface area contributed by atoms with Gasteiger partial charge in [0.25, 0.3) is 5.91 Å². The molecule has 0 aliphatic heterocycles. The van der Waals surface area contributed by atoms with Crippen LogP contribution in [0.5, 0.6) is 5.75 Å². The fourth-order valence-electron chi connectivity index (χ4n) is 5.93. The number of nitrogens with two attached hydrogens (primary N) is 2. The molecule has 182 valence electrons. The molecule has 0 saturated heterocycles. The Labute approximate surface area is 196 Å². The van der Waals surface area contributed by atoms with Crippen LogP contribution < -0.4 is 11.5 Å². The third-order valence-electron chi connectivity index (χ3n) is 7.49. The minimum absolute atomic E-state index is 0.000539. The highest BCUT2D eigenvalue weighted by atomic mass is 16.3. The van der Waals surface area contributed by atoms with Crippen LogP contribution in [0.15, 0.2) is 28.7 Å². The smallest absolute Gasteiger partial charge is 0.255 e. The number of carbonyl (C=O) groups excluding carboxylic acids is 3. The molecule has 0 heterocycles. The second kappa shape index (κ2) is 7.93. The molecule has 0 saturated carbocycles. The summed E-state index contributed by atoms with van der Waals surface area (Å²) in [6, 6.07) is 0.749. The van der Waals surface area contributed by atoms with Crippen LogP contribution in [0.4, 0.5) is 0 Å². The van der Waals surface area contributed by atoms with E-state index < -0.39 is 58.0 Å². The summed E-state index contributed by atoms with van der Waals surface area (Å²) in [5.41, 5.74) is 9.28. The van der Waals surface area contributed by atoms with Crippen LogP contribution in [-0.4, -0.2) is 68.5 Å². The number of phenols is 1. The first-order valence-corrected chi connectivity index (χ1v) is 11.1. The molecule has 1 amide bonds. The SMILES string of the molecule is CCc1cc(CN)c(O)c2c1C[C@H]1C[C@H]3[C@H](N(C)C)C(O)=C(C(N)=O)C(=O)[C@@]3(O)C(O)=C1C2=O.